The van der Waals surface area contributed by atoms with Crippen LogP contribution < -0.4 is 21.1 Å². The summed E-state index contributed by atoms with van der Waals surface area (Å²) in [5.41, 5.74) is 14.3. The largest absolute Gasteiger partial charge is 0.495 e. The van der Waals surface area contributed by atoms with E-state index in [2.05, 4.69) is 49.8 Å². The van der Waals surface area contributed by atoms with E-state index in [1.165, 1.54) is 37.7 Å². The number of anilines is 1. The van der Waals surface area contributed by atoms with Crippen LogP contribution in [0.2, 0.25) is 0 Å². The fourth-order valence-electron chi connectivity index (χ4n) is 3.49. The van der Waals surface area contributed by atoms with E-state index >= 15 is 0 Å². The van der Waals surface area contributed by atoms with Crippen LogP contribution in [0.4, 0.5) is 5.69 Å². The maximum absolute atomic E-state index is 6.30. The summed E-state index contributed by atoms with van der Waals surface area (Å²) < 4.78 is 5.63. The van der Waals surface area contributed by atoms with Crippen LogP contribution in [-0.2, 0) is 5.41 Å². The van der Waals surface area contributed by atoms with Gasteiger partial charge in [0.1, 0.15) is 11.9 Å². The molecule has 0 radical (unpaired) electrons. The van der Waals surface area contributed by atoms with Gasteiger partial charge >= 0.3 is 0 Å². The van der Waals surface area contributed by atoms with Gasteiger partial charge in [0.15, 0.2) is 0 Å². The summed E-state index contributed by atoms with van der Waals surface area (Å²) in [7, 11) is 1.67. The lowest BCUT2D eigenvalue weighted by Gasteiger charge is -2.34. The van der Waals surface area contributed by atoms with Crippen molar-refractivity contribution in [2.45, 2.75) is 84.2 Å². The minimum absolute atomic E-state index is 0.0137. The van der Waals surface area contributed by atoms with Gasteiger partial charge in [0.2, 0.25) is 11.9 Å². The first kappa shape index (κ1) is 22.1. The van der Waals surface area contributed by atoms with Crippen LogP contribution in [0.25, 0.3) is 0 Å². The molecule has 0 fully saturated rings. The van der Waals surface area contributed by atoms with E-state index in [-0.39, 0.29) is 17.5 Å². The van der Waals surface area contributed by atoms with E-state index in [4.69, 9.17) is 16.2 Å². The molecule has 1 unspecified atom stereocenters. The molecule has 0 aliphatic carbocycles. The zero-order chi connectivity index (χ0) is 20.7. The quantitative estimate of drug-likeness (QED) is 0.610. The van der Waals surface area contributed by atoms with Crippen LogP contribution >= 0.6 is 0 Å². The van der Waals surface area contributed by atoms with Crippen molar-refractivity contribution in [3.63, 3.8) is 0 Å². The summed E-state index contributed by atoms with van der Waals surface area (Å²) in [4.78, 5) is 10.8. The third-order valence-electron chi connectivity index (χ3n) is 5.18. The Labute approximate surface area is 170 Å². The van der Waals surface area contributed by atoms with Gasteiger partial charge in [-0.1, -0.05) is 65.9 Å². The molecule has 0 aromatic heterocycles. The van der Waals surface area contributed by atoms with E-state index in [0.717, 1.165) is 24.3 Å². The fourth-order valence-corrected chi connectivity index (χ4v) is 3.49. The van der Waals surface area contributed by atoms with Crippen molar-refractivity contribution in [2.75, 3.05) is 12.0 Å². The first-order valence-corrected chi connectivity index (χ1v) is 10.4. The van der Waals surface area contributed by atoms with E-state index in [1.807, 2.05) is 11.0 Å². The Bertz CT molecular complexity index is 705. The zero-order valence-electron chi connectivity index (χ0n) is 18.2. The molecule has 2 rings (SSSR count). The Morgan fingerprint density at radius 2 is 1.75 bits per heavy atom. The number of methoxy groups -OCH3 is 1. The highest BCUT2D eigenvalue weighted by Gasteiger charge is 2.29. The van der Waals surface area contributed by atoms with Crippen LogP contribution in [0.1, 0.15) is 78.2 Å². The SMILES string of the molecule is CCCCCCCCC1N=C(N)N=C(N)N1c1cc(C(C)(C)C)ccc1OC. The van der Waals surface area contributed by atoms with E-state index in [9.17, 15) is 0 Å². The average molecular weight is 388 g/mol. The molecule has 1 aliphatic heterocycles. The second-order valence-electron chi connectivity index (χ2n) is 8.50. The minimum Gasteiger partial charge on any atom is -0.495 e. The minimum atomic E-state index is -0.159. The normalized spacial score (nSPS) is 17.3. The zero-order valence-corrected chi connectivity index (χ0v) is 18.2. The second-order valence-corrected chi connectivity index (χ2v) is 8.50. The second kappa shape index (κ2) is 9.80. The molecular formula is C22H37N5O. The molecule has 0 bridgehead atoms. The van der Waals surface area contributed by atoms with E-state index in [0.29, 0.717) is 5.96 Å². The summed E-state index contributed by atoms with van der Waals surface area (Å²) in [5.74, 6) is 1.37. The van der Waals surface area contributed by atoms with Crippen molar-refractivity contribution in [1.29, 1.82) is 0 Å². The van der Waals surface area contributed by atoms with Crippen LogP contribution in [0, 0.1) is 0 Å². The van der Waals surface area contributed by atoms with Gasteiger partial charge in [0, 0.05) is 0 Å². The number of nitrogens with zero attached hydrogens (tertiary/aromatic N) is 3. The predicted molar refractivity (Wildman–Crippen MR) is 119 cm³/mol. The average Bonchev–Trinajstić information content (AvgIpc) is 2.63. The van der Waals surface area contributed by atoms with Crippen LogP contribution in [0.3, 0.4) is 0 Å². The van der Waals surface area contributed by atoms with Gasteiger partial charge in [-0.2, -0.15) is 4.99 Å². The number of hydrogen-bond acceptors (Lipinski definition) is 6. The summed E-state index contributed by atoms with van der Waals surface area (Å²) in [6.07, 6.45) is 8.10. The van der Waals surface area contributed by atoms with Crippen molar-refractivity contribution < 1.29 is 4.74 Å². The first-order chi connectivity index (χ1) is 13.3. The van der Waals surface area contributed by atoms with Gasteiger partial charge in [0.05, 0.1) is 12.8 Å². The number of nitrogens with two attached hydrogens (primary N) is 2. The monoisotopic (exact) mass is 387 g/mol. The molecule has 1 aliphatic rings. The Morgan fingerprint density at radius 1 is 1.07 bits per heavy atom. The molecule has 1 aromatic carbocycles. The number of benzene rings is 1. The Hall–Kier alpha value is -2.24. The van der Waals surface area contributed by atoms with Crippen molar-refractivity contribution in [3.8, 4) is 5.75 Å². The molecule has 6 heteroatoms. The standard InChI is InChI=1S/C22H37N5O/c1-6-7-8-9-10-11-12-19-25-20(23)26-21(24)27(19)17-15-16(22(2,3)4)13-14-18(17)28-5/h13-15,19H,6-12H2,1-5H3,(H4,23,24,25,26). The predicted octanol–water partition coefficient (Wildman–Crippen LogP) is 4.52. The van der Waals surface area contributed by atoms with Crippen molar-refractivity contribution in [2.24, 2.45) is 21.5 Å². The van der Waals surface area contributed by atoms with Gasteiger partial charge in [-0.15, -0.1) is 0 Å². The van der Waals surface area contributed by atoms with Crippen molar-refractivity contribution in [3.05, 3.63) is 23.8 Å². The van der Waals surface area contributed by atoms with E-state index < -0.39 is 0 Å². The fraction of sp³-hybridized carbons (Fsp3) is 0.636. The molecule has 1 atom stereocenters. The Morgan fingerprint density at radius 3 is 2.39 bits per heavy atom. The molecule has 1 aromatic rings. The third kappa shape index (κ3) is 5.63. The highest BCUT2D eigenvalue weighted by Crippen LogP contribution is 2.36. The Kier molecular flexibility index (Phi) is 7.72. The molecule has 4 N–H and O–H groups in total. The summed E-state index contributed by atoms with van der Waals surface area (Å²) in [5, 5.41) is 0. The smallest absolute Gasteiger partial charge is 0.220 e. The van der Waals surface area contributed by atoms with Crippen LogP contribution in [0.5, 0.6) is 5.75 Å². The van der Waals surface area contributed by atoms with Gasteiger partial charge in [-0.05, 0) is 36.0 Å². The van der Waals surface area contributed by atoms with E-state index in [1.54, 1.807) is 7.11 Å². The molecule has 156 valence electrons. The number of ether oxygens (including phenoxy) is 1. The maximum Gasteiger partial charge on any atom is 0.220 e. The molecule has 6 nitrogen and oxygen atoms in total. The number of rotatable bonds is 9. The van der Waals surface area contributed by atoms with Gasteiger partial charge in [-0.3, -0.25) is 4.90 Å². The van der Waals surface area contributed by atoms with Crippen molar-refractivity contribution in [1.82, 2.24) is 0 Å². The van der Waals surface area contributed by atoms with Gasteiger partial charge in [0.25, 0.3) is 0 Å². The topological polar surface area (TPSA) is 89.2 Å². The molecular weight excluding hydrogens is 350 g/mol. The van der Waals surface area contributed by atoms with Gasteiger partial charge < -0.3 is 16.2 Å². The third-order valence-corrected chi connectivity index (χ3v) is 5.18. The molecule has 0 spiro atoms. The molecule has 0 amide bonds. The van der Waals surface area contributed by atoms with Gasteiger partial charge in [-0.25, -0.2) is 4.99 Å². The summed E-state index contributed by atoms with van der Waals surface area (Å²) in [6.45, 7) is 8.81. The van der Waals surface area contributed by atoms with Crippen molar-refractivity contribution >= 4 is 17.6 Å². The van der Waals surface area contributed by atoms with Crippen LogP contribution in [0.15, 0.2) is 28.2 Å². The lowest BCUT2D eigenvalue weighted by molar-refractivity contribution is 0.413. The Balaban J connectivity index is 2.25. The summed E-state index contributed by atoms with van der Waals surface area (Å²) in [6, 6.07) is 6.22. The molecule has 1 heterocycles. The maximum atomic E-state index is 6.30. The number of hydrogen-bond donors (Lipinski definition) is 2. The summed E-state index contributed by atoms with van der Waals surface area (Å²) >= 11 is 0. The lowest BCUT2D eigenvalue weighted by atomic mass is 9.86. The molecule has 0 saturated carbocycles. The number of guanidine groups is 2. The molecule has 0 saturated heterocycles. The highest BCUT2D eigenvalue weighted by molar-refractivity contribution is 6.05. The lowest BCUT2D eigenvalue weighted by Crippen LogP contribution is -2.48. The molecule has 28 heavy (non-hydrogen) atoms. The number of aliphatic imine (C=N–C) groups is 2. The highest BCUT2D eigenvalue weighted by atomic mass is 16.5. The van der Waals surface area contributed by atoms with Crippen LogP contribution in [-0.4, -0.2) is 25.2 Å². The first-order valence-electron chi connectivity index (χ1n) is 10.4. The number of unbranched alkanes of at least 4 members (excludes halogenated alkanes) is 5.